The lowest BCUT2D eigenvalue weighted by Gasteiger charge is -2.38. The van der Waals surface area contributed by atoms with Crippen LogP contribution in [0.5, 0.6) is 0 Å². The smallest absolute Gasteiger partial charge is 0.137 e. The fourth-order valence-corrected chi connectivity index (χ4v) is 4.30. The van der Waals surface area contributed by atoms with Crippen LogP contribution in [0.25, 0.3) is 0 Å². The lowest BCUT2D eigenvalue weighted by atomic mass is 9.97. The SMILES string of the molecule is CCCN(Cc1ccc(F)c(Br)c1)C1CC2CCC(C1)N2. The number of piperidine rings is 1. The predicted molar refractivity (Wildman–Crippen MR) is 87.8 cm³/mol. The molecule has 2 fully saturated rings. The number of nitrogens with zero attached hydrogens (tertiary/aromatic N) is 1. The maximum Gasteiger partial charge on any atom is 0.137 e. The summed E-state index contributed by atoms with van der Waals surface area (Å²) < 4.78 is 14.0. The minimum absolute atomic E-state index is 0.180. The van der Waals surface area contributed by atoms with Gasteiger partial charge in [0, 0.05) is 24.7 Å². The van der Waals surface area contributed by atoms with E-state index >= 15 is 0 Å². The highest BCUT2D eigenvalue weighted by atomic mass is 79.9. The topological polar surface area (TPSA) is 15.3 Å². The monoisotopic (exact) mass is 354 g/mol. The first kappa shape index (κ1) is 15.4. The fourth-order valence-electron chi connectivity index (χ4n) is 3.88. The third-order valence-electron chi connectivity index (χ3n) is 4.85. The van der Waals surface area contributed by atoms with E-state index in [1.807, 2.05) is 12.1 Å². The standard InChI is InChI=1S/C17H24BrFN2/c1-2-7-21(11-12-3-6-17(19)16(18)8-12)15-9-13-4-5-14(10-15)20-13/h3,6,8,13-15,20H,2,4-5,7,9-11H2,1H3. The molecule has 2 atom stereocenters. The molecule has 2 heterocycles. The van der Waals surface area contributed by atoms with Gasteiger partial charge in [-0.1, -0.05) is 13.0 Å². The lowest BCUT2D eigenvalue weighted by molar-refractivity contribution is 0.134. The zero-order valence-electron chi connectivity index (χ0n) is 12.6. The molecule has 3 rings (SSSR count). The van der Waals surface area contributed by atoms with Crippen molar-refractivity contribution < 1.29 is 4.39 Å². The van der Waals surface area contributed by atoms with E-state index in [2.05, 4.69) is 33.1 Å². The van der Waals surface area contributed by atoms with Gasteiger partial charge in [-0.3, -0.25) is 4.90 Å². The largest absolute Gasteiger partial charge is 0.311 e. The molecule has 0 amide bonds. The molecule has 0 spiro atoms. The highest BCUT2D eigenvalue weighted by Crippen LogP contribution is 2.31. The summed E-state index contributed by atoms with van der Waals surface area (Å²) in [6, 6.07) is 7.51. The number of nitrogens with one attached hydrogen (secondary N) is 1. The van der Waals surface area contributed by atoms with Gasteiger partial charge in [0.15, 0.2) is 0 Å². The molecule has 1 N–H and O–H groups in total. The van der Waals surface area contributed by atoms with Gasteiger partial charge in [-0.25, -0.2) is 4.39 Å². The van der Waals surface area contributed by atoms with Crippen molar-refractivity contribution in [1.29, 1.82) is 0 Å². The second-order valence-corrected chi connectivity index (χ2v) is 7.34. The van der Waals surface area contributed by atoms with Crippen LogP contribution in [0.4, 0.5) is 4.39 Å². The van der Waals surface area contributed by atoms with Crippen LogP contribution in [-0.2, 0) is 6.54 Å². The zero-order valence-corrected chi connectivity index (χ0v) is 14.2. The Morgan fingerprint density at radius 1 is 1.29 bits per heavy atom. The summed E-state index contributed by atoms with van der Waals surface area (Å²) in [5.41, 5.74) is 1.20. The third-order valence-corrected chi connectivity index (χ3v) is 5.45. The van der Waals surface area contributed by atoms with E-state index < -0.39 is 0 Å². The van der Waals surface area contributed by atoms with Crippen LogP contribution >= 0.6 is 15.9 Å². The van der Waals surface area contributed by atoms with Crippen LogP contribution in [0, 0.1) is 5.82 Å². The Hall–Kier alpha value is -0.450. The first-order chi connectivity index (χ1) is 10.2. The van der Waals surface area contributed by atoms with Crippen LogP contribution in [0.1, 0.15) is 44.6 Å². The van der Waals surface area contributed by atoms with Crippen LogP contribution in [-0.4, -0.2) is 29.6 Å². The molecule has 2 aliphatic rings. The fraction of sp³-hybridized carbons (Fsp3) is 0.647. The maximum absolute atomic E-state index is 13.4. The maximum atomic E-state index is 13.4. The summed E-state index contributed by atoms with van der Waals surface area (Å²) in [5.74, 6) is -0.180. The minimum Gasteiger partial charge on any atom is -0.311 e. The van der Waals surface area contributed by atoms with Crippen molar-refractivity contribution in [2.45, 2.75) is 63.7 Å². The van der Waals surface area contributed by atoms with Crippen LogP contribution < -0.4 is 5.32 Å². The average molecular weight is 355 g/mol. The molecule has 2 saturated heterocycles. The second-order valence-electron chi connectivity index (χ2n) is 6.48. The molecule has 4 heteroatoms. The molecule has 0 aromatic heterocycles. The molecule has 1 aromatic rings. The van der Waals surface area contributed by atoms with Crippen molar-refractivity contribution in [1.82, 2.24) is 10.2 Å². The Morgan fingerprint density at radius 3 is 2.62 bits per heavy atom. The summed E-state index contributed by atoms with van der Waals surface area (Å²) in [4.78, 5) is 2.60. The van der Waals surface area contributed by atoms with Crippen LogP contribution in [0.3, 0.4) is 0 Å². The minimum atomic E-state index is -0.180. The first-order valence-electron chi connectivity index (χ1n) is 8.09. The molecular formula is C17H24BrFN2. The first-order valence-corrected chi connectivity index (χ1v) is 8.89. The van der Waals surface area contributed by atoms with E-state index in [9.17, 15) is 4.39 Å². The molecule has 0 radical (unpaired) electrons. The second kappa shape index (κ2) is 6.76. The van der Waals surface area contributed by atoms with E-state index in [0.29, 0.717) is 22.6 Å². The molecule has 2 unspecified atom stereocenters. The number of halogens is 2. The molecule has 2 nitrogen and oxygen atoms in total. The average Bonchev–Trinajstić information content (AvgIpc) is 2.81. The predicted octanol–water partition coefficient (Wildman–Crippen LogP) is 4.08. The summed E-state index contributed by atoms with van der Waals surface area (Å²) in [5, 5.41) is 3.71. The molecule has 0 saturated carbocycles. The lowest BCUT2D eigenvalue weighted by Crippen LogP contribution is -2.48. The number of fused-ring (bicyclic) bond motifs is 2. The van der Waals surface area contributed by atoms with Gasteiger partial charge < -0.3 is 5.32 Å². The van der Waals surface area contributed by atoms with E-state index in [1.165, 1.54) is 37.7 Å². The molecule has 2 bridgehead atoms. The van der Waals surface area contributed by atoms with E-state index in [-0.39, 0.29) is 5.82 Å². The number of hydrogen-bond acceptors (Lipinski definition) is 2. The number of hydrogen-bond donors (Lipinski definition) is 1. The van der Waals surface area contributed by atoms with Crippen molar-refractivity contribution in [3.63, 3.8) is 0 Å². The van der Waals surface area contributed by atoms with Gasteiger partial charge in [0.2, 0.25) is 0 Å². The van der Waals surface area contributed by atoms with Gasteiger partial charge in [0.1, 0.15) is 5.82 Å². The highest BCUT2D eigenvalue weighted by molar-refractivity contribution is 9.10. The van der Waals surface area contributed by atoms with E-state index in [4.69, 9.17) is 0 Å². The molecular weight excluding hydrogens is 331 g/mol. The van der Waals surface area contributed by atoms with Gasteiger partial charge in [0.05, 0.1) is 4.47 Å². The van der Waals surface area contributed by atoms with Gasteiger partial charge in [0.25, 0.3) is 0 Å². The van der Waals surface area contributed by atoms with Crippen LogP contribution in [0.15, 0.2) is 22.7 Å². The quantitative estimate of drug-likeness (QED) is 0.856. The number of benzene rings is 1. The van der Waals surface area contributed by atoms with Crippen molar-refractivity contribution in [2.24, 2.45) is 0 Å². The Morgan fingerprint density at radius 2 is 2.00 bits per heavy atom. The van der Waals surface area contributed by atoms with Gasteiger partial charge in [-0.05, 0) is 72.3 Å². The Kier molecular flexibility index (Phi) is 4.97. The Labute approximate surface area is 135 Å². The molecule has 0 aliphatic carbocycles. The third kappa shape index (κ3) is 3.66. The normalized spacial score (nSPS) is 28.3. The van der Waals surface area contributed by atoms with Gasteiger partial charge >= 0.3 is 0 Å². The summed E-state index contributed by atoms with van der Waals surface area (Å²) in [7, 11) is 0. The van der Waals surface area contributed by atoms with Crippen molar-refractivity contribution in [2.75, 3.05) is 6.54 Å². The zero-order chi connectivity index (χ0) is 14.8. The van der Waals surface area contributed by atoms with Crippen molar-refractivity contribution >= 4 is 15.9 Å². The molecule has 2 aliphatic heterocycles. The van der Waals surface area contributed by atoms with Gasteiger partial charge in [-0.15, -0.1) is 0 Å². The Balaban J connectivity index is 1.70. The van der Waals surface area contributed by atoms with E-state index in [1.54, 1.807) is 6.07 Å². The summed E-state index contributed by atoms with van der Waals surface area (Å²) in [6.45, 7) is 4.29. The van der Waals surface area contributed by atoms with Crippen molar-refractivity contribution in [3.05, 3.63) is 34.1 Å². The Bertz CT molecular complexity index is 482. The summed E-state index contributed by atoms with van der Waals surface area (Å²) >= 11 is 3.30. The van der Waals surface area contributed by atoms with E-state index in [0.717, 1.165) is 13.1 Å². The highest BCUT2D eigenvalue weighted by Gasteiger charge is 2.35. The summed E-state index contributed by atoms with van der Waals surface area (Å²) in [6.07, 6.45) is 6.37. The molecule has 116 valence electrons. The molecule has 1 aromatic carbocycles. The van der Waals surface area contributed by atoms with Crippen LogP contribution in [0.2, 0.25) is 0 Å². The van der Waals surface area contributed by atoms with Gasteiger partial charge in [-0.2, -0.15) is 0 Å². The molecule has 21 heavy (non-hydrogen) atoms. The number of rotatable bonds is 5. The van der Waals surface area contributed by atoms with Crippen molar-refractivity contribution in [3.8, 4) is 0 Å².